The first-order valence-electron chi connectivity index (χ1n) is 9.01. The molecule has 0 spiro atoms. The van der Waals surface area contributed by atoms with E-state index in [4.69, 9.17) is 9.47 Å². The molecule has 1 N–H and O–H groups in total. The summed E-state index contributed by atoms with van der Waals surface area (Å²) in [6.45, 7) is 6.85. The molecule has 2 aromatic rings. The van der Waals surface area contributed by atoms with Crippen LogP contribution in [0.1, 0.15) is 63.9 Å². The van der Waals surface area contributed by atoms with Crippen molar-refractivity contribution in [3.05, 3.63) is 58.4 Å². The van der Waals surface area contributed by atoms with Gasteiger partial charge in [0.1, 0.15) is 5.69 Å². The molecule has 0 amide bonds. The number of carbonyl (C=O) groups excluding carboxylic acids is 3. The monoisotopic (exact) mass is 371 g/mol. The summed E-state index contributed by atoms with van der Waals surface area (Å²) in [6, 6.07) is 9.33. The molecule has 1 heterocycles. The smallest absolute Gasteiger partial charge is 0.355 e. The normalized spacial score (nSPS) is 11.7. The van der Waals surface area contributed by atoms with Crippen molar-refractivity contribution in [2.45, 2.75) is 40.0 Å². The van der Waals surface area contributed by atoms with Crippen LogP contribution in [0.5, 0.6) is 0 Å². The lowest BCUT2D eigenvalue weighted by atomic mass is 9.97. The molecule has 0 bridgehead atoms. The number of benzene rings is 1. The first-order valence-corrected chi connectivity index (χ1v) is 9.01. The molecule has 1 unspecified atom stereocenters. The summed E-state index contributed by atoms with van der Waals surface area (Å²) >= 11 is 0. The third kappa shape index (κ3) is 4.64. The fourth-order valence-electron chi connectivity index (χ4n) is 3.11. The predicted molar refractivity (Wildman–Crippen MR) is 101 cm³/mol. The lowest BCUT2D eigenvalue weighted by Crippen LogP contribution is -2.20. The second kappa shape index (κ2) is 9.16. The Morgan fingerprint density at radius 1 is 1.04 bits per heavy atom. The highest BCUT2D eigenvalue weighted by atomic mass is 16.5. The molecule has 0 radical (unpaired) electrons. The number of esters is 2. The molecule has 0 aliphatic rings. The van der Waals surface area contributed by atoms with Crippen molar-refractivity contribution in [2.24, 2.45) is 0 Å². The Morgan fingerprint density at radius 2 is 1.70 bits per heavy atom. The zero-order valence-electron chi connectivity index (χ0n) is 16.1. The second-order valence-electron chi connectivity index (χ2n) is 6.25. The molecule has 0 saturated carbocycles. The Labute approximate surface area is 158 Å². The van der Waals surface area contributed by atoms with E-state index < -0.39 is 17.9 Å². The van der Waals surface area contributed by atoms with Crippen molar-refractivity contribution in [3.63, 3.8) is 0 Å². The SMILES string of the molecule is CCOC(=O)c1[nH]c(C)c(C(=O)COC(=O)C(CC)c2ccccc2)c1C. The van der Waals surface area contributed by atoms with E-state index in [9.17, 15) is 14.4 Å². The van der Waals surface area contributed by atoms with Gasteiger partial charge in [-0.1, -0.05) is 37.3 Å². The summed E-state index contributed by atoms with van der Waals surface area (Å²) in [4.78, 5) is 39.8. The molecule has 1 aromatic carbocycles. The summed E-state index contributed by atoms with van der Waals surface area (Å²) in [5.41, 5.74) is 2.52. The Balaban J connectivity index is 2.09. The zero-order valence-corrected chi connectivity index (χ0v) is 16.1. The largest absolute Gasteiger partial charge is 0.461 e. The second-order valence-corrected chi connectivity index (χ2v) is 6.25. The Morgan fingerprint density at radius 3 is 2.30 bits per heavy atom. The van der Waals surface area contributed by atoms with Crippen LogP contribution in [-0.4, -0.2) is 35.9 Å². The van der Waals surface area contributed by atoms with Crippen LogP contribution < -0.4 is 0 Å². The van der Waals surface area contributed by atoms with Gasteiger partial charge in [0.25, 0.3) is 0 Å². The van der Waals surface area contributed by atoms with Gasteiger partial charge in [-0.25, -0.2) is 4.79 Å². The zero-order chi connectivity index (χ0) is 20.0. The van der Waals surface area contributed by atoms with E-state index >= 15 is 0 Å². The summed E-state index contributed by atoms with van der Waals surface area (Å²) in [5.74, 6) is -1.71. The van der Waals surface area contributed by atoms with Crippen molar-refractivity contribution in [1.29, 1.82) is 0 Å². The van der Waals surface area contributed by atoms with Gasteiger partial charge < -0.3 is 14.5 Å². The summed E-state index contributed by atoms with van der Waals surface area (Å²) in [6.07, 6.45) is 0.576. The molecular formula is C21H25NO5. The van der Waals surface area contributed by atoms with Gasteiger partial charge in [-0.05, 0) is 38.3 Å². The fraction of sp³-hybridized carbons (Fsp3) is 0.381. The summed E-state index contributed by atoms with van der Waals surface area (Å²) in [7, 11) is 0. The molecule has 1 aromatic heterocycles. The average molecular weight is 371 g/mol. The van der Waals surface area contributed by atoms with Crippen LogP contribution in [0, 0.1) is 13.8 Å². The van der Waals surface area contributed by atoms with Gasteiger partial charge in [-0.3, -0.25) is 9.59 Å². The van der Waals surface area contributed by atoms with Gasteiger partial charge >= 0.3 is 11.9 Å². The number of H-pyrrole nitrogens is 1. The van der Waals surface area contributed by atoms with Crippen LogP contribution >= 0.6 is 0 Å². The molecular weight excluding hydrogens is 346 g/mol. The molecule has 0 aliphatic heterocycles. The number of hydrogen-bond donors (Lipinski definition) is 1. The van der Waals surface area contributed by atoms with Crippen LogP contribution in [0.25, 0.3) is 0 Å². The number of ketones is 1. The van der Waals surface area contributed by atoms with E-state index in [1.54, 1.807) is 20.8 Å². The van der Waals surface area contributed by atoms with E-state index in [2.05, 4.69) is 4.98 Å². The number of carbonyl (C=O) groups is 3. The molecule has 27 heavy (non-hydrogen) atoms. The maximum atomic E-state index is 12.6. The van der Waals surface area contributed by atoms with Crippen LogP contribution in [0.4, 0.5) is 0 Å². The maximum absolute atomic E-state index is 12.6. The van der Waals surface area contributed by atoms with Crippen LogP contribution in [-0.2, 0) is 14.3 Å². The maximum Gasteiger partial charge on any atom is 0.355 e. The van der Waals surface area contributed by atoms with E-state index in [0.717, 1.165) is 5.56 Å². The van der Waals surface area contributed by atoms with Crippen LogP contribution in [0.15, 0.2) is 30.3 Å². The predicted octanol–water partition coefficient (Wildman–Crippen LogP) is 3.73. The quantitative estimate of drug-likeness (QED) is 0.564. The number of hydrogen-bond acceptors (Lipinski definition) is 5. The van der Waals surface area contributed by atoms with Gasteiger partial charge in [0.05, 0.1) is 12.5 Å². The highest BCUT2D eigenvalue weighted by molar-refractivity contribution is 6.03. The first-order chi connectivity index (χ1) is 12.9. The minimum Gasteiger partial charge on any atom is -0.461 e. The Bertz CT molecular complexity index is 823. The fourth-order valence-corrected chi connectivity index (χ4v) is 3.11. The lowest BCUT2D eigenvalue weighted by Gasteiger charge is -2.14. The summed E-state index contributed by atoms with van der Waals surface area (Å²) in [5, 5.41) is 0. The van der Waals surface area contributed by atoms with Gasteiger partial charge in [0.2, 0.25) is 5.78 Å². The third-order valence-electron chi connectivity index (χ3n) is 4.44. The third-order valence-corrected chi connectivity index (χ3v) is 4.44. The van der Waals surface area contributed by atoms with Crippen molar-refractivity contribution >= 4 is 17.7 Å². The van der Waals surface area contributed by atoms with Crippen molar-refractivity contribution in [1.82, 2.24) is 4.98 Å². The van der Waals surface area contributed by atoms with Crippen LogP contribution in [0.2, 0.25) is 0 Å². The molecule has 2 rings (SSSR count). The minimum absolute atomic E-state index is 0.245. The standard InChI is InChI=1S/C21H25NO5/c1-5-16(15-10-8-7-9-11-15)20(24)27-12-17(23)18-13(3)19(22-14(18)4)21(25)26-6-2/h7-11,16,22H,5-6,12H2,1-4H3. The number of rotatable bonds is 8. The average Bonchev–Trinajstić information content (AvgIpc) is 2.96. The first kappa shape index (κ1) is 20.4. The molecule has 1 atom stereocenters. The highest BCUT2D eigenvalue weighted by Crippen LogP contribution is 2.22. The van der Waals surface area contributed by atoms with Gasteiger partial charge in [-0.15, -0.1) is 0 Å². The number of aryl methyl sites for hydroxylation is 1. The van der Waals surface area contributed by atoms with E-state index in [1.165, 1.54) is 0 Å². The van der Waals surface area contributed by atoms with Gasteiger partial charge in [-0.2, -0.15) is 0 Å². The summed E-state index contributed by atoms with van der Waals surface area (Å²) < 4.78 is 10.3. The number of aromatic nitrogens is 1. The molecule has 0 fully saturated rings. The lowest BCUT2D eigenvalue weighted by molar-refractivity contribution is -0.144. The molecule has 0 saturated heterocycles. The molecule has 0 aliphatic carbocycles. The Kier molecular flexibility index (Phi) is 6.93. The molecule has 6 heteroatoms. The highest BCUT2D eigenvalue weighted by Gasteiger charge is 2.25. The van der Waals surface area contributed by atoms with E-state index in [0.29, 0.717) is 23.2 Å². The topological polar surface area (TPSA) is 85.5 Å². The van der Waals surface area contributed by atoms with Crippen molar-refractivity contribution < 1.29 is 23.9 Å². The van der Waals surface area contributed by atoms with Crippen molar-refractivity contribution in [3.8, 4) is 0 Å². The van der Waals surface area contributed by atoms with E-state index in [1.807, 2.05) is 37.3 Å². The Hall–Kier alpha value is -2.89. The van der Waals surface area contributed by atoms with Gasteiger partial charge in [0, 0.05) is 11.3 Å². The minimum atomic E-state index is -0.510. The van der Waals surface area contributed by atoms with E-state index in [-0.39, 0.29) is 24.7 Å². The number of nitrogens with one attached hydrogen (secondary N) is 1. The van der Waals surface area contributed by atoms with Gasteiger partial charge in [0.15, 0.2) is 6.61 Å². The number of Topliss-reactive ketones (excluding diaryl/α,β-unsaturated/α-hetero) is 1. The van der Waals surface area contributed by atoms with Crippen LogP contribution in [0.3, 0.4) is 0 Å². The molecule has 6 nitrogen and oxygen atoms in total. The van der Waals surface area contributed by atoms with Crippen molar-refractivity contribution in [2.75, 3.05) is 13.2 Å². The number of ether oxygens (including phenoxy) is 2. The molecule has 144 valence electrons. The number of aromatic amines is 1.